The molecule has 0 N–H and O–H groups in total. The smallest absolute Gasteiger partial charge is 0.00266 e. The van der Waals surface area contributed by atoms with Gasteiger partial charge < -0.3 is 0 Å². The molecule has 4 rings (SSSR count). The molecule has 0 atom stereocenters. The topological polar surface area (TPSA) is 0 Å². The van der Waals surface area contributed by atoms with E-state index in [1.54, 1.807) is 0 Å². The summed E-state index contributed by atoms with van der Waals surface area (Å²) in [5.41, 5.74) is 2.40. The first-order valence-corrected chi connectivity index (χ1v) is 6.81. The molecule has 0 aliphatic rings. The molecule has 93 valence electrons. The second-order valence-electron chi connectivity index (χ2n) is 4.97. The molecular formula is C20H13. The molecule has 4 aromatic carbocycles. The van der Waals surface area contributed by atoms with Crippen LogP contribution < -0.4 is 0 Å². The number of hydrogen-bond donors (Lipinski definition) is 0. The molecule has 0 aromatic heterocycles. The fourth-order valence-corrected chi connectivity index (χ4v) is 2.84. The van der Waals surface area contributed by atoms with Gasteiger partial charge in [0.15, 0.2) is 0 Å². The molecular weight excluding hydrogens is 240 g/mol. The average Bonchev–Trinajstić information content (AvgIpc) is 2.55. The van der Waals surface area contributed by atoms with Gasteiger partial charge in [-0.1, -0.05) is 78.9 Å². The van der Waals surface area contributed by atoms with Crippen LogP contribution in [0.1, 0.15) is 0 Å². The van der Waals surface area contributed by atoms with E-state index in [1.165, 1.54) is 27.1 Å². The number of rotatable bonds is 1. The van der Waals surface area contributed by atoms with Gasteiger partial charge in [0.05, 0.1) is 0 Å². The fraction of sp³-hybridized carbons (Fsp3) is 0. The maximum absolute atomic E-state index is 3.34. The number of hydrogen-bond acceptors (Lipinski definition) is 0. The van der Waals surface area contributed by atoms with Gasteiger partial charge in [-0.3, -0.25) is 0 Å². The van der Waals surface area contributed by atoms with Crippen molar-refractivity contribution < 1.29 is 0 Å². The Morgan fingerprint density at radius 2 is 1.40 bits per heavy atom. The van der Waals surface area contributed by atoms with Crippen LogP contribution in [0.3, 0.4) is 0 Å². The van der Waals surface area contributed by atoms with Crippen molar-refractivity contribution in [3.05, 3.63) is 84.9 Å². The highest BCUT2D eigenvalue weighted by Gasteiger charge is 2.06. The lowest BCUT2D eigenvalue weighted by atomic mass is 9.94. The zero-order valence-electron chi connectivity index (χ0n) is 11.0. The minimum absolute atomic E-state index is 1.15. The van der Waals surface area contributed by atoms with Crippen LogP contribution in [0.25, 0.3) is 32.7 Å². The van der Waals surface area contributed by atoms with E-state index in [0.29, 0.717) is 0 Å². The summed E-state index contributed by atoms with van der Waals surface area (Å²) < 4.78 is 0. The van der Waals surface area contributed by atoms with E-state index in [0.717, 1.165) is 5.56 Å². The molecule has 4 aromatic rings. The molecule has 0 heterocycles. The zero-order valence-corrected chi connectivity index (χ0v) is 11.0. The second-order valence-corrected chi connectivity index (χ2v) is 4.97. The molecule has 0 saturated carbocycles. The highest BCUT2D eigenvalue weighted by molar-refractivity contribution is 6.14. The van der Waals surface area contributed by atoms with Gasteiger partial charge in [0.25, 0.3) is 0 Å². The lowest BCUT2D eigenvalue weighted by molar-refractivity contribution is 1.65. The Hall–Kier alpha value is -2.60. The summed E-state index contributed by atoms with van der Waals surface area (Å²) >= 11 is 0. The van der Waals surface area contributed by atoms with Crippen molar-refractivity contribution in [3.63, 3.8) is 0 Å². The first-order chi connectivity index (χ1) is 9.93. The number of benzene rings is 4. The molecule has 20 heavy (non-hydrogen) atoms. The van der Waals surface area contributed by atoms with Gasteiger partial charge in [0.2, 0.25) is 0 Å². The lowest BCUT2D eigenvalue weighted by Crippen LogP contribution is -1.83. The summed E-state index contributed by atoms with van der Waals surface area (Å²) in [5.74, 6) is 0. The van der Waals surface area contributed by atoms with Crippen LogP contribution in [0, 0.1) is 6.07 Å². The summed E-state index contributed by atoms with van der Waals surface area (Å²) in [6, 6.07) is 30.9. The lowest BCUT2D eigenvalue weighted by Gasteiger charge is -2.10. The van der Waals surface area contributed by atoms with Crippen LogP contribution in [0.2, 0.25) is 0 Å². The predicted molar refractivity (Wildman–Crippen MR) is 85.7 cm³/mol. The van der Waals surface area contributed by atoms with Crippen molar-refractivity contribution in [2.75, 3.05) is 0 Å². The first kappa shape index (κ1) is 11.2. The highest BCUT2D eigenvalue weighted by atomic mass is 14.1. The molecule has 0 unspecified atom stereocenters. The average molecular weight is 253 g/mol. The van der Waals surface area contributed by atoms with E-state index in [2.05, 4.69) is 72.8 Å². The third kappa shape index (κ3) is 1.70. The zero-order chi connectivity index (χ0) is 13.4. The van der Waals surface area contributed by atoms with Crippen molar-refractivity contribution in [1.29, 1.82) is 0 Å². The van der Waals surface area contributed by atoms with Gasteiger partial charge in [-0.15, -0.1) is 0 Å². The molecule has 0 aliphatic heterocycles. The molecule has 0 nitrogen and oxygen atoms in total. The van der Waals surface area contributed by atoms with Gasteiger partial charge in [-0.25, -0.2) is 0 Å². The maximum Gasteiger partial charge on any atom is -0.00266 e. The van der Waals surface area contributed by atoms with E-state index in [4.69, 9.17) is 0 Å². The van der Waals surface area contributed by atoms with Crippen LogP contribution in [-0.2, 0) is 0 Å². The normalized spacial score (nSPS) is 11.0. The molecule has 0 bridgehead atoms. The van der Waals surface area contributed by atoms with E-state index < -0.39 is 0 Å². The van der Waals surface area contributed by atoms with E-state index >= 15 is 0 Å². The van der Waals surface area contributed by atoms with Crippen LogP contribution in [0.15, 0.2) is 78.9 Å². The highest BCUT2D eigenvalue weighted by Crippen LogP contribution is 2.33. The molecule has 1 radical (unpaired) electrons. The largest absolute Gasteiger partial charge is 0.0616 e. The Bertz CT molecular complexity index is 889. The Balaban J connectivity index is 2.19. The molecule has 0 spiro atoms. The second kappa shape index (κ2) is 4.50. The number of fused-ring (bicyclic) bond motifs is 3. The predicted octanol–water partition coefficient (Wildman–Crippen LogP) is 5.46. The van der Waals surface area contributed by atoms with E-state index in [-0.39, 0.29) is 0 Å². The summed E-state index contributed by atoms with van der Waals surface area (Å²) in [7, 11) is 0. The van der Waals surface area contributed by atoms with Gasteiger partial charge in [0, 0.05) is 0 Å². The standard InChI is InChI=1S/C20H13/c1-2-7-15(8-3-1)19-12-6-10-17-14-13-16-9-4-5-11-18(16)20(17)19/h1-7,9-14H. The van der Waals surface area contributed by atoms with Gasteiger partial charge in [-0.2, -0.15) is 0 Å². The monoisotopic (exact) mass is 253 g/mol. The molecule has 0 aliphatic carbocycles. The van der Waals surface area contributed by atoms with Crippen molar-refractivity contribution in [3.8, 4) is 11.1 Å². The Morgan fingerprint density at radius 1 is 0.600 bits per heavy atom. The van der Waals surface area contributed by atoms with Crippen molar-refractivity contribution in [2.45, 2.75) is 0 Å². The van der Waals surface area contributed by atoms with Crippen molar-refractivity contribution in [1.82, 2.24) is 0 Å². The van der Waals surface area contributed by atoms with Crippen molar-refractivity contribution >= 4 is 21.5 Å². The van der Waals surface area contributed by atoms with Crippen LogP contribution in [-0.4, -0.2) is 0 Å². The maximum atomic E-state index is 3.34. The third-order valence-electron chi connectivity index (χ3n) is 3.77. The first-order valence-electron chi connectivity index (χ1n) is 6.81. The van der Waals surface area contributed by atoms with Crippen LogP contribution in [0.4, 0.5) is 0 Å². The Morgan fingerprint density at radius 3 is 2.30 bits per heavy atom. The van der Waals surface area contributed by atoms with Crippen molar-refractivity contribution in [2.24, 2.45) is 0 Å². The summed E-state index contributed by atoms with van der Waals surface area (Å²) in [4.78, 5) is 0. The van der Waals surface area contributed by atoms with Gasteiger partial charge >= 0.3 is 0 Å². The third-order valence-corrected chi connectivity index (χ3v) is 3.77. The minimum atomic E-state index is 1.15. The molecule has 0 amide bonds. The molecule has 0 heteroatoms. The molecule has 0 fully saturated rings. The summed E-state index contributed by atoms with van der Waals surface area (Å²) in [6.07, 6.45) is 0. The summed E-state index contributed by atoms with van der Waals surface area (Å²) in [6.45, 7) is 0. The fourth-order valence-electron chi connectivity index (χ4n) is 2.84. The Kier molecular flexibility index (Phi) is 2.53. The quantitative estimate of drug-likeness (QED) is 0.395. The van der Waals surface area contributed by atoms with Gasteiger partial charge in [0.1, 0.15) is 0 Å². The van der Waals surface area contributed by atoms with Crippen LogP contribution >= 0.6 is 0 Å². The summed E-state index contributed by atoms with van der Waals surface area (Å²) in [5, 5.41) is 5.17. The Labute approximate surface area is 118 Å². The minimum Gasteiger partial charge on any atom is -0.0616 e. The molecule has 0 saturated heterocycles. The van der Waals surface area contributed by atoms with E-state index in [1.807, 2.05) is 12.1 Å². The van der Waals surface area contributed by atoms with Crippen LogP contribution in [0.5, 0.6) is 0 Å². The van der Waals surface area contributed by atoms with Gasteiger partial charge in [-0.05, 0) is 38.7 Å². The SMILES string of the molecule is [c]1ccccc1-c1cccc2ccc3ccccc3c12. The van der Waals surface area contributed by atoms with E-state index in [9.17, 15) is 0 Å².